The molecule has 0 spiro atoms. The molecule has 1 amide bonds. The Morgan fingerprint density at radius 3 is 2.57 bits per heavy atom. The second-order valence-corrected chi connectivity index (χ2v) is 11.3. The van der Waals surface area contributed by atoms with E-state index in [4.69, 9.17) is 4.74 Å². The summed E-state index contributed by atoms with van der Waals surface area (Å²) in [6.45, 7) is 0.456. The van der Waals surface area contributed by atoms with Crippen molar-refractivity contribution in [3.63, 3.8) is 0 Å². The third-order valence-electron chi connectivity index (χ3n) is 6.21. The van der Waals surface area contributed by atoms with Crippen molar-refractivity contribution in [1.82, 2.24) is 14.8 Å². The molecule has 1 saturated heterocycles. The summed E-state index contributed by atoms with van der Waals surface area (Å²) < 4.78 is 70.2. The summed E-state index contributed by atoms with van der Waals surface area (Å²) in [4.78, 5) is 16.2. The highest BCUT2D eigenvalue weighted by molar-refractivity contribution is 7.91. The van der Waals surface area contributed by atoms with Gasteiger partial charge in [-0.05, 0) is 49.8 Å². The van der Waals surface area contributed by atoms with Crippen LogP contribution in [0.3, 0.4) is 0 Å². The second-order valence-electron chi connectivity index (χ2n) is 9.01. The molecular formula is C23H23F3N4O4S. The number of ether oxygens (including phenoxy) is 1. The Hall–Kier alpha value is -3.15. The summed E-state index contributed by atoms with van der Waals surface area (Å²) in [5, 5.41) is 7.91. The van der Waals surface area contributed by atoms with E-state index in [2.05, 4.69) is 15.4 Å². The third kappa shape index (κ3) is 5.42. The topological polar surface area (TPSA) is 103 Å². The summed E-state index contributed by atoms with van der Waals surface area (Å²) in [5.41, 5.74) is -0.610. The highest BCUT2D eigenvalue weighted by Gasteiger charge is 2.33. The molecular weight excluding hydrogens is 485 g/mol. The Morgan fingerprint density at radius 2 is 1.89 bits per heavy atom. The van der Waals surface area contributed by atoms with E-state index in [0.29, 0.717) is 47.7 Å². The predicted octanol–water partition coefficient (Wildman–Crippen LogP) is 4.24. The Labute approximate surface area is 199 Å². The first-order chi connectivity index (χ1) is 16.6. The number of carbonyl (C=O) groups is 1. The van der Waals surface area contributed by atoms with Crippen LogP contribution in [0.1, 0.15) is 47.9 Å². The van der Waals surface area contributed by atoms with Gasteiger partial charge < -0.3 is 10.1 Å². The molecule has 1 saturated carbocycles. The summed E-state index contributed by atoms with van der Waals surface area (Å²) in [6.07, 6.45) is 0.147. The molecule has 0 unspecified atom stereocenters. The number of nitrogens with zero attached hydrogens (tertiary/aromatic N) is 3. The number of amides is 1. The molecule has 12 heteroatoms. The van der Waals surface area contributed by atoms with Gasteiger partial charge in [0.15, 0.2) is 0 Å². The average molecular weight is 509 g/mol. The maximum Gasteiger partial charge on any atom is 0.433 e. The van der Waals surface area contributed by atoms with E-state index in [9.17, 15) is 26.4 Å². The van der Waals surface area contributed by atoms with Gasteiger partial charge in [0.1, 0.15) is 27.0 Å². The van der Waals surface area contributed by atoms with Crippen molar-refractivity contribution in [3.05, 3.63) is 47.9 Å². The van der Waals surface area contributed by atoms with Crippen molar-refractivity contribution < 1.29 is 31.1 Å². The highest BCUT2D eigenvalue weighted by Crippen LogP contribution is 2.35. The quantitative estimate of drug-likeness (QED) is 0.534. The smallest absolute Gasteiger partial charge is 0.433 e. The van der Waals surface area contributed by atoms with Crippen LogP contribution in [0.2, 0.25) is 0 Å². The molecule has 2 aliphatic rings. The maximum atomic E-state index is 13.0. The lowest BCUT2D eigenvalue weighted by atomic mass is 10.1. The first-order valence-corrected chi connectivity index (χ1v) is 13.1. The van der Waals surface area contributed by atoms with Gasteiger partial charge in [-0.25, -0.2) is 13.4 Å². The van der Waals surface area contributed by atoms with Crippen molar-refractivity contribution >= 4 is 32.3 Å². The van der Waals surface area contributed by atoms with Crippen LogP contribution in [-0.2, 0) is 16.0 Å². The van der Waals surface area contributed by atoms with Gasteiger partial charge in [0.05, 0.1) is 35.4 Å². The van der Waals surface area contributed by atoms with Gasteiger partial charge in [-0.1, -0.05) is 6.07 Å². The number of hydrogen-bond acceptors (Lipinski definition) is 6. The summed E-state index contributed by atoms with van der Waals surface area (Å²) in [5.74, 6) is 0.211. The van der Waals surface area contributed by atoms with Crippen LogP contribution in [-0.4, -0.2) is 47.2 Å². The first kappa shape index (κ1) is 23.6. The minimum Gasteiger partial charge on any atom is -0.491 e. The SMILES string of the molecule is O=C(Nc1cc2cn(C3CCS(=O)(=O)CC3)nc2cc1OCC1CC1)c1cccc(C(F)(F)F)n1. The first-order valence-electron chi connectivity index (χ1n) is 11.3. The van der Waals surface area contributed by atoms with Gasteiger partial charge in [0.25, 0.3) is 5.91 Å². The number of rotatable bonds is 6. The third-order valence-corrected chi connectivity index (χ3v) is 7.93. The van der Waals surface area contributed by atoms with Gasteiger partial charge in [0.2, 0.25) is 0 Å². The largest absolute Gasteiger partial charge is 0.491 e. The molecule has 0 bridgehead atoms. The highest BCUT2D eigenvalue weighted by atomic mass is 32.2. The van der Waals surface area contributed by atoms with E-state index in [-0.39, 0.29) is 23.2 Å². The van der Waals surface area contributed by atoms with Crippen LogP contribution in [0.5, 0.6) is 5.75 Å². The van der Waals surface area contributed by atoms with Crippen LogP contribution in [0.15, 0.2) is 36.5 Å². The molecule has 35 heavy (non-hydrogen) atoms. The molecule has 3 aromatic rings. The van der Waals surface area contributed by atoms with Crippen molar-refractivity contribution in [1.29, 1.82) is 0 Å². The van der Waals surface area contributed by atoms with Gasteiger partial charge in [-0.3, -0.25) is 9.48 Å². The number of benzene rings is 1. The van der Waals surface area contributed by atoms with Gasteiger partial charge in [-0.2, -0.15) is 18.3 Å². The zero-order valence-electron chi connectivity index (χ0n) is 18.6. The number of anilines is 1. The van der Waals surface area contributed by atoms with E-state index >= 15 is 0 Å². The van der Waals surface area contributed by atoms with E-state index in [1.165, 1.54) is 6.07 Å². The fourth-order valence-corrected chi connectivity index (χ4v) is 5.48. The van der Waals surface area contributed by atoms with Crippen molar-refractivity contribution in [2.45, 2.75) is 37.9 Å². The standard InChI is InChI=1S/C23H23F3N4O4S/c24-23(25,26)21-3-1-2-17(27-21)22(31)28-19-10-15-12-30(16-6-8-35(32,33)9-7-16)29-18(15)11-20(19)34-13-14-4-5-14/h1-3,10-12,14,16H,4-9,13H2,(H,28,31). The van der Waals surface area contributed by atoms with Crippen LogP contribution >= 0.6 is 0 Å². The zero-order valence-corrected chi connectivity index (χ0v) is 19.4. The number of fused-ring (bicyclic) bond motifs is 1. The molecule has 0 radical (unpaired) electrons. The molecule has 1 N–H and O–H groups in total. The Morgan fingerprint density at radius 1 is 1.14 bits per heavy atom. The molecule has 2 aromatic heterocycles. The average Bonchev–Trinajstić information content (AvgIpc) is 3.55. The number of hydrogen-bond donors (Lipinski definition) is 1. The number of sulfone groups is 1. The summed E-state index contributed by atoms with van der Waals surface area (Å²) in [6, 6.07) is 6.43. The molecule has 8 nitrogen and oxygen atoms in total. The van der Waals surface area contributed by atoms with E-state index < -0.39 is 27.6 Å². The fourth-order valence-electron chi connectivity index (χ4n) is 4.02. The van der Waals surface area contributed by atoms with Crippen molar-refractivity contribution in [2.75, 3.05) is 23.4 Å². The van der Waals surface area contributed by atoms with Crippen LogP contribution in [0.4, 0.5) is 18.9 Å². The Bertz CT molecular complexity index is 1370. The van der Waals surface area contributed by atoms with E-state index in [1.54, 1.807) is 23.0 Å². The Balaban J connectivity index is 1.43. The lowest BCUT2D eigenvalue weighted by Crippen LogP contribution is -2.25. The van der Waals surface area contributed by atoms with Crippen LogP contribution < -0.4 is 10.1 Å². The lowest BCUT2D eigenvalue weighted by Gasteiger charge is -2.22. The number of aromatic nitrogens is 3. The minimum absolute atomic E-state index is 0.0610. The van der Waals surface area contributed by atoms with Gasteiger partial charge in [0, 0.05) is 17.6 Å². The molecule has 0 atom stereocenters. The second kappa shape index (κ2) is 8.81. The molecule has 3 heterocycles. The number of halogens is 3. The van der Waals surface area contributed by atoms with Crippen LogP contribution in [0.25, 0.3) is 10.9 Å². The minimum atomic E-state index is -4.67. The van der Waals surface area contributed by atoms with E-state index in [1.807, 2.05) is 0 Å². The van der Waals surface area contributed by atoms with E-state index in [0.717, 1.165) is 25.0 Å². The predicted molar refractivity (Wildman–Crippen MR) is 122 cm³/mol. The normalized spacial score (nSPS) is 18.5. The molecule has 1 aromatic carbocycles. The number of nitrogens with one attached hydrogen (secondary N) is 1. The van der Waals surface area contributed by atoms with Gasteiger partial charge >= 0.3 is 6.18 Å². The molecule has 1 aliphatic heterocycles. The Kier molecular flexibility index (Phi) is 5.94. The lowest BCUT2D eigenvalue weighted by molar-refractivity contribution is -0.141. The van der Waals surface area contributed by atoms with Crippen LogP contribution in [0, 0.1) is 5.92 Å². The molecule has 2 fully saturated rings. The molecule has 1 aliphatic carbocycles. The fraction of sp³-hybridized carbons (Fsp3) is 0.435. The molecule has 5 rings (SSSR count). The zero-order chi connectivity index (χ0) is 24.8. The molecule has 186 valence electrons. The number of carbonyl (C=O) groups excluding carboxylic acids is 1. The monoisotopic (exact) mass is 508 g/mol. The summed E-state index contributed by atoms with van der Waals surface area (Å²) in [7, 11) is -3.01. The maximum absolute atomic E-state index is 13.0. The van der Waals surface area contributed by atoms with Gasteiger partial charge in [-0.15, -0.1) is 0 Å². The van der Waals surface area contributed by atoms with Crippen molar-refractivity contribution in [2.24, 2.45) is 5.92 Å². The van der Waals surface area contributed by atoms with Crippen molar-refractivity contribution in [3.8, 4) is 5.75 Å². The number of pyridine rings is 1. The number of alkyl halides is 3. The summed E-state index contributed by atoms with van der Waals surface area (Å²) >= 11 is 0.